The molecule has 1 aromatic heterocycles. The molecule has 0 spiro atoms. The summed E-state index contributed by atoms with van der Waals surface area (Å²) in [6.07, 6.45) is 1.90. The predicted octanol–water partition coefficient (Wildman–Crippen LogP) is -1.55. The van der Waals surface area contributed by atoms with Gasteiger partial charge in [-0.2, -0.15) is 0 Å². The summed E-state index contributed by atoms with van der Waals surface area (Å²) in [6, 6.07) is 0. The van der Waals surface area contributed by atoms with Crippen LogP contribution in [-0.4, -0.2) is 50.6 Å². The van der Waals surface area contributed by atoms with Gasteiger partial charge in [-0.1, -0.05) is 6.92 Å². The van der Waals surface area contributed by atoms with Crippen molar-refractivity contribution in [3.8, 4) is 0 Å². The molecule has 0 unspecified atom stereocenters. The van der Waals surface area contributed by atoms with E-state index in [0.717, 1.165) is 0 Å². The van der Waals surface area contributed by atoms with Crippen molar-refractivity contribution in [3.05, 3.63) is 11.9 Å². The second kappa shape index (κ2) is 6.45. The number of hydrogen-bond acceptors (Lipinski definition) is 8. The second-order valence-corrected chi connectivity index (χ2v) is 3.93. The lowest BCUT2D eigenvalue weighted by Gasteiger charge is -2.30. The molecule has 0 aliphatic rings. The average molecular weight is 257 g/mol. The number of hydrogen-bond donors (Lipinski definition) is 6. The van der Waals surface area contributed by atoms with Crippen LogP contribution in [-0.2, 0) is 6.42 Å². The molecule has 1 aromatic rings. The van der Waals surface area contributed by atoms with Crippen LogP contribution in [0, 0.1) is 0 Å². The van der Waals surface area contributed by atoms with Gasteiger partial charge in [0.15, 0.2) is 0 Å². The number of nitrogens with one attached hydrogen (secondary N) is 2. The number of nitrogens with two attached hydrogens (primary N) is 1. The van der Waals surface area contributed by atoms with Crippen molar-refractivity contribution in [1.29, 1.82) is 0 Å². The predicted molar refractivity (Wildman–Crippen MR) is 66.8 cm³/mol. The van der Waals surface area contributed by atoms with Gasteiger partial charge in [0, 0.05) is 5.56 Å². The van der Waals surface area contributed by atoms with Gasteiger partial charge in [0.05, 0.1) is 19.8 Å². The number of nitrogen functional groups attached to an aromatic ring is 1. The highest BCUT2D eigenvalue weighted by atomic mass is 16.3. The van der Waals surface area contributed by atoms with Crippen molar-refractivity contribution >= 4 is 11.6 Å². The van der Waals surface area contributed by atoms with Gasteiger partial charge in [-0.05, 0) is 6.42 Å². The lowest BCUT2D eigenvalue weighted by atomic mass is 10.0. The Bertz CT molecular complexity index is 376. The molecular formula is C10H19N5O3. The molecule has 0 aliphatic heterocycles. The largest absolute Gasteiger partial charge is 0.394 e. The molecule has 0 fully saturated rings. The van der Waals surface area contributed by atoms with Gasteiger partial charge in [-0.15, -0.1) is 0 Å². The first-order chi connectivity index (χ1) is 8.66. The maximum absolute atomic E-state index is 9.26. The molecule has 0 aromatic carbocycles. The molecule has 1 heterocycles. The minimum Gasteiger partial charge on any atom is -0.394 e. The number of aliphatic hydroxyl groups is 3. The summed E-state index contributed by atoms with van der Waals surface area (Å²) in [5.41, 5.74) is 1.92. The summed E-state index contributed by atoms with van der Waals surface area (Å²) < 4.78 is 0. The fourth-order valence-corrected chi connectivity index (χ4v) is 1.50. The fraction of sp³-hybridized carbons (Fsp3) is 0.600. The molecule has 0 saturated heterocycles. The van der Waals surface area contributed by atoms with Crippen molar-refractivity contribution in [2.75, 3.05) is 30.6 Å². The smallest absolute Gasteiger partial charge is 0.148 e. The summed E-state index contributed by atoms with van der Waals surface area (Å²) in [4.78, 5) is 8.00. The van der Waals surface area contributed by atoms with Gasteiger partial charge < -0.3 is 26.1 Å². The van der Waals surface area contributed by atoms with Crippen LogP contribution in [0.3, 0.4) is 0 Å². The molecule has 0 atom stereocenters. The van der Waals surface area contributed by atoms with Crippen LogP contribution in [0.25, 0.3) is 0 Å². The Morgan fingerprint density at radius 3 is 2.17 bits per heavy atom. The zero-order chi connectivity index (χ0) is 13.6. The minimum absolute atomic E-state index is 0.414. The van der Waals surface area contributed by atoms with E-state index in [0.29, 0.717) is 23.6 Å². The van der Waals surface area contributed by atoms with E-state index in [1.54, 1.807) is 0 Å². The number of hydrazine groups is 1. The Kier molecular flexibility index (Phi) is 5.23. The van der Waals surface area contributed by atoms with E-state index in [-0.39, 0.29) is 0 Å². The van der Waals surface area contributed by atoms with Gasteiger partial charge in [0.2, 0.25) is 0 Å². The number of aliphatic hydroxyl groups excluding tert-OH is 3. The van der Waals surface area contributed by atoms with Crippen LogP contribution in [0.4, 0.5) is 11.6 Å². The number of nitrogens with zero attached hydrogens (tertiary/aromatic N) is 2. The summed E-state index contributed by atoms with van der Waals surface area (Å²) in [5.74, 6) is 6.21. The van der Waals surface area contributed by atoms with E-state index in [1.165, 1.54) is 6.33 Å². The van der Waals surface area contributed by atoms with Gasteiger partial charge in [0.25, 0.3) is 0 Å². The van der Waals surface area contributed by atoms with Crippen molar-refractivity contribution in [1.82, 2.24) is 9.97 Å². The minimum atomic E-state index is -1.23. The number of aromatic nitrogens is 2. The van der Waals surface area contributed by atoms with Crippen LogP contribution in [0.2, 0.25) is 0 Å². The Balaban J connectivity index is 3.09. The average Bonchev–Trinajstić information content (AvgIpc) is 2.44. The van der Waals surface area contributed by atoms with E-state index in [9.17, 15) is 15.3 Å². The van der Waals surface area contributed by atoms with E-state index in [4.69, 9.17) is 5.84 Å². The highest BCUT2D eigenvalue weighted by Gasteiger charge is 2.29. The zero-order valence-electron chi connectivity index (χ0n) is 10.2. The summed E-state index contributed by atoms with van der Waals surface area (Å²) >= 11 is 0. The molecule has 0 radical (unpaired) electrons. The summed E-state index contributed by atoms with van der Waals surface area (Å²) in [7, 11) is 0. The zero-order valence-corrected chi connectivity index (χ0v) is 10.2. The molecular weight excluding hydrogens is 238 g/mol. The Hall–Kier alpha value is -1.48. The third kappa shape index (κ3) is 2.85. The van der Waals surface area contributed by atoms with E-state index in [2.05, 4.69) is 20.7 Å². The standard InChI is InChI=1S/C10H19N5O3/c1-2-7-8(12-6-13-9(7)15-11)14-10(3-16,4-17)5-18/h6,16-18H,2-5,11H2,1H3,(H2,12,13,14,15). The quantitative estimate of drug-likeness (QED) is 0.255. The Labute approximate surface area is 105 Å². The van der Waals surface area contributed by atoms with Crippen LogP contribution in [0.1, 0.15) is 12.5 Å². The molecule has 1 rings (SSSR count). The fourth-order valence-electron chi connectivity index (χ4n) is 1.50. The third-order valence-electron chi connectivity index (χ3n) is 2.73. The van der Waals surface area contributed by atoms with Crippen molar-refractivity contribution in [2.24, 2.45) is 5.84 Å². The van der Waals surface area contributed by atoms with Crippen molar-refractivity contribution in [2.45, 2.75) is 18.9 Å². The topological polar surface area (TPSA) is 137 Å². The molecule has 0 bridgehead atoms. The van der Waals surface area contributed by atoms with Crippen LogP contribution in [0.5, 0.6) is 0 Å². The van der Waals surface area contributed by atoms with E-state index < -0.39 is 25.4 Å². The second-order valence-electron chi connectivity index (χ2n) is 3.93. The van der Waals surface area contributed by atoms with Crippen molar-refractivity contribution < 1.29 is 15.3 Å². The molecule has 102 valence electrons. The molecule has 0 aliphatic carbocycles. The highest BCUT2D eigenvalue weighted by molar-refractivity contribution is 5.58. The van der Waals surface area contributed by atoms with Crippen LogP contribution in [0.15, 0.2) is 6.33 Å². The maximum Gasteiger partial charge on any atom is 0.148 e. The Morgan fingerprint density at radius 1 is 1.17 bits per heavy atom. The molecule has 8 nitrogen and oxygen atoms in total. The van der Waals surface area contributed by atoms with Gasteiger partial charge in [0.1, 0.15) is 23.5 Å². The normalized spacial score (nSPS) is 11.4. The number of rotatable bonds is 7. The molecule has 7 N–H and O–H groups in total. The monoisotopic (exact) mass is 257 g/mol. The van der Waals surface area contributed by atoms with Gasteiger partial charge in [-0.3, -0.25) is 0 Å². The maximum atomic E-state index is 9.26. The van der Waals surface area contributed by atoms with Crippen LogP contribution < -0.4 is 16.6 Å². The van der Waals surface area contributed by atoms with Gasteiger partial charge >= 0.3 is 0 Å². The van der Waals surface area contributed by atoms with E-state index >= 15 is 0 Å². The van der Waals surface area contributed by atoms with Crippen molar-refractivity contribution in [3.63, 3.8) is 0 Å². The summed E-state index contributed by atoms with van der Waals surface area (Å²) in [6.45, 7) is 0.596. The number of anilines is 2. The lowest BCUT2D eigenvalue weighted by Crippen LogP contribution is -2.49. The molecule has 0 saturated carbocycles. The first-order valence-corrected chi connectivity index (χ1v) is 5.57. The molecule has 0 amide bonds. The highest BCUT2D eigenvalue weighted by Crippen LogP contribution is 2.22. The van der Waals surface area contributed by atoms with Crippen LogP contribution >= 0.6 is 0 Å². The van der Waals surface area contributed by atoms with Gasteiger partial charge in [-0.25, -0.2) is 15.8 Å². The third-order valence-corrected chi connectivity index (χ3v) is 2.73. The first-order valence-electron chi connectivity index (χ1n) is 5.57. The summed E-state index contributed by atoms with van der Waals surface area (Å²) in [5, 5.41) is 30.6. The molecule has 8 heteroatoms. The first kappa shape index (κ1) is 14.6. The molecule has 18 heavy (non-hydrogen) atoms. The Morgan fingerprint density at radius 2 is 1.72 bits per heavy atom. The van der Waals surface area contributed by atoms with E-state index in [1.807, 2.05) is 6.92 Å². The SMILES string of the molecule is CCc1c(NN)ncnc1NC(CO)(CO)CO. The lowest BCUT2D eigenvalue weighted by molar-refractivity contribution is 0.0830.